The zero-order chi connectivity index (χ0) is 21.7. The van der Waals surface area contributed by atoms with E-state index in [2.05, 4.69) is 22.4 Å². The summed E-state index contributed by atoms with van der Waals surface area (Å²) in [5.41, 5.74) is 0.590. The van der Waals surface area contributed by atoms with Crippen LogP contribution in [-0.2, 0) is 9.84 Å². The van der Waals surface area contributed by atoms with E-state index in [4.69, 9.17) is 4.74 Å². The molecule has 8 heteroatoms. The Labute approximate surface area is 194 Å². The summed E-state index contributed by atoms with van der Waals surface area (Å²) < 4.78 is 32.9. The Hall–Kier alpha value is -2.61. The summed E-state index contributed by atoms with van der Waals surface area (Å²) in [7, 11) is -3.79. The number of nitrogens with one attached hydrogen (secondary N) is 2. The molecule has 0 fully saturated rings. The zero-order valence-electron chi connectivity index (χ0n) is 18.0. The van der Waals surface area contributed by atoms with Crippen LogP contribution in [0, 0.1) is 0 Å². The molecule has 0 radical (unpaired) electrons. The summed E-state index contributed by atoms with van der Waals surface area (Å²) in [4.78, 5) is 0.264. The number of ether oxygens (including phenoxy) is 1. The van der Waals surface area contributed by atoms with E-state index in [1.165, 1.54) is 12.8 Å². The largest absolute Gasteiger partial charge is 0.494 e. The molecule has 0 amide bonds. The number of aromatic nitrogens is 2. The highest BCUT2D eigenvalue weighted by Crippen LogP contribution is 2.32. The lowest BCUT2D eigenvalue weighted by molar-refractivity contribution is 0.308. The smallest absolute Gasteiger partial charge is 0.224 e. The molecular weight excluding hydrogens is 446 g/mol. The number of fused-ring (bicyclic) bond motifs is 2. The van der Waals surface area contributed by atoms with E-state index in [0.717, 1.165) is 24.9 Å². The average Bonchev–Trinajstić information content (AvgIpc) is 3.22. The number of halogens is 1. The van der Waals surface area contributed by atoms with Crippen LogP contribution >= 0.6 is 12.4 Å². The molecule has 0 bridgehead atoms. The van der Waals surface area contributed by atoms with Gasteiger partial charge in [0.1, 0.15) is 5.75 Å². The number of aromatic amines is 1. The SMILES string of the molecule is CCCCNCCCOc1ccc2n[nH]c(S(=O)(=O)c3cccc4ccccc34)c2c1.Cl. The van der Waals surface area contributed by atoms with Crippen LogP contribution in [0.1, 0.15) is 26.2 Å². The van der Waals surface area contributed by atoms with Gasteiger partial charge in [-0.3, -0.25) is 5.10 Å². The van der Waals surface area contributed by atoms with Crippen molar-refractivity contribution in [2.75, 3.05) is 19.7 Å². The molecule has 4 rings (SSSR count). The number of hydrogen-bond acceptors (Lipinski definition) is 5. The lowest BCUT2D eigenvalue weighted by atomic mass is 10.1. The molecule has 170 valence electrons. The van der Waals surface area contributed by atoms with Crippen LogP contribution in [-0.4, -0.2) is 38.3 Å². The second-order valence-electron chi connectivity index (χ2n) is 7.52. The quantitative estimate of drug-likeness (QED) is 0.312. The van der Waals surface area contributed by atoms with Crippen LogP contribution in [0.3, 0.4) is 0 Å². The van der Waals surface area contributed by atoms with Gasteiger partial charge in [-0.15, -0.1) is 12.4 Å². The van der Waals surface area contributed by atoms with E-state index in [9.17, 15) is 8.42 Å². The molecule has 32 heavy (non-hydrogen) atoms. The van der Waals surface area contributed by atoms with Crippen LogP contribution in [0.25, 0.3) is 21.7 Å². The first kappa shape index (κ1) is 24.0. The molecule has 0 atom stereocenters. The van der Waals surface area contributed by atoms with Crippen molar-refractivity contribution in [3.63, 3.8) is 0 Å². The first-order valence-electron chi connectivity index (χ1n) is 10.7. The average molecular weight is 474 g/mol. The first-order valence-corrected chi connectivity index (χ1v) is 12.1. The highest BCUT2D eigenvalue weighted by Gasteiger charge is 2.25. The van der Waals surface area contributed by atoms with Gasteiger partial charge in [-0.05, 0) is 55.6 Å². The summed E-state index contributed by atoms with van der Waals surface area (Å²) >= 11 is 0. The number of rotatable bonds is 10. The Bertz CT molecular complexity index is 1280. The van der Waals surface area contributed by atoms with Crippen molar-refractivity contribution < 1.29 is 13.2 Å². The standard InChI is InChI=1S/C24H27N3O3S.ClH/c1-2-3-14-25-15-7-16-30-19-12-13-22-21(17-19)24(27-26-22)31(28,29)23-11-6-9-18-8-4-5-10-20(18)23;/h4-6,8-13,17,25H,2-3,7,14-16H2,1H3,(H,26,27);1H. The van der Waals surface area contributed by atoms with Gasteiger partial charge in [-0.25, -0.2) is 8.42 Å². The zero-order valence-corrected chi connectivity index (χ0v) is 19.6. The van der Waals surface area contributed by atoms with Crippen LogP contribution in [0.2, 0.25) is 0 Å². The van der Waals surface area contributed by atoms with E-state index < -0.39 is 9.84 Å². The normalized spacial score (nSPS) is 11.5. The predicted molar refractivity (Wildman–Crippen MR) is 131 cm³/mol. The lowest BCUT2D eigenvalue weighted by Gasteiger charge is -2.09. The van der Waals surface area contributed by atoms with Crippen molar-refractivity contribution in [3.05, 3.63) is 60.7 Å². The van der Waals surface area contributed by atoms with Gasteiger partial charge in [0.25, 0.3) is 0 Å². The van der Waals surface area contributed by atoms with Crippen molar-refractivity contribution >= 4 is 43.9 Å². The van der Waals surface area contributed by atoms with Crippen molar-refractivity contribution in [2.45, 2.75) is 36.1 Å². The number of benzene rings is 3. The third-order valence-corrected chi connectivity index (χ3v) is 7.06. The van der Waals surface area contributed by atoms with Crippen LogP contribution in [0.15, 0.2) is 70.6 Å². The van der Waals surface area contributed by atoms with Gasteiger partial charge >= 0.3 is 0 Å². The van der Waals surface area contributed by atoms with Gasteiger partial charge in [0, 0.05) is 10.8 Å². The maximum absolute atomic E-state index is 13.5. The number of unbranched alkanes of at least 4 members (excludes halogenated alkanes) is 1. The minimum atomic E-state index is -3.79. The van der Waals surface area contributed by atoms with E-state index in [-0.39, 0.29) is 22.3 Å². The molecular formula is C24H28ClN3O3S. The van der Waals surface area contributed by atoms with Gasteiger partial charge in [0.05, 0.1) is 17.0 Å². The highest BCUT2D eigenvalue weighted by atomic mass is 35.5. The van der Waals surface area contributed by atoms with E-state index in [1.807, 2.05) is 36.4 Å². The minimum Gasteiger partial charge on any atom is -0.494 e. The predicted octanol–water partition coefficient (Wildman–Crippen LogP) is 5.13. The summed E-state index contributed by atoms with van der Waals surface area (Å²) in [6.07, 6.45) is 3.23. The number of nitrogens with zero attached hydrogens (tertiary/aromatic N) is 1. The second kappa shape index (κ2) is 10.8. The first-order chi connectivity index (χ1) is 15.1. The molecule has 0 saturated carbocycles. The monoisotopic (exact) mass is 473 g/mol. The van der Waals surface area contributed by atoms with Crippen molar-refractivity contribution in [2.24, 2.45) is 0 Å². The van der Waals surface area contributed by atoms with E-state index in [1.54, 1.807) is 24.3 Å². The van der Waals surface area contributed by atoms with Crippen molar-refractivity contribution in [3.8, 4) is 5.75 Å². The van der Waals surface area contributed by atoms with Gasteiger partial charge in [-0.2, -0.15) is 5.10 Å². The molecule has 4 aromatic rings. The lowest BCUT2D eigenvalue weighted by Crippen LogP contribution is -2.18. The number of hydrogen-bond donors (Lipinski definition) is 2. The Morgan fingerprint density at radius 2 is 1.75 bits per heavy atom. The Balaban J connectivity index is 0.00000289. The maximum atomic E-state index is 13.5. The fraction of sp³-hybridized carbons (Fsp3) is 0.292. The highest BCUT2D eigenvalue weighted by molar-refractivity contribution is 7.91. The molecule has 1 heterocycles. The fourth-order valence-electron chi connectivity index (χ4n) is 3.61. The maximum Gasteiger partial charge on any atom is 0.224 e. The van der Waals surface area contributed by atoms with Crippen LogP contribution in [0.4, 0.5) is 0 Å². The molecule has 0 spiro atoms. The van der Waals surface area contributed by atoms with Crippen molar-refractivity contribution in [1.29, 1.82) is 0 Å². The Morgan fingerprint density at radius 1 is 0.969 bits per heavy atom. The van der Waals surface area contributed by atoms with Crippen LogP contribution in [0.5, 0.6) is 5.75 Å². The second-order valence-corrected chi connectivity index (χ2v) is 9.37. The summed E-state index contributed by atoms with van der Waals surface area (Å²) in [5.74, 6) is 0.636. The van der Waals surface area contributed by atoms with Gasteiger partial charge in [0.15, 0.2) is 5.03 Å². The third-order valence-electron chi connectivity index (χ3n) is 5.27. The summed E-state index contributed by atoms with van der Waals surface area (Å²) in [6, 6.07) is 18.1. The molecule has 0 aliphatic heterocycles. The Morgan fingerprint density at radius 3 is 2.59 bits per heavy atom. The molecule has 1 aromatic heterocycles. The summed E-state index contributed by atoms with van der Waals surface area (Å²) in [6.45, 7) is 4.65. The van der Waals surface area contributed by atoms with Crippen molar-refractivity contribution in [1.82, 2.24) is 15.5 Å². The van der Waals surface area contributed by atoms with E-state index in [0.29, 0.717) is 28.6 Å². The number of H-pyrrole nitrogens is 1. The molecule has 6 nitrogen and oxygen atoms in total. The minimum absolute atomic E-state index is 0. The van der Waals surface area contributed by atoms with Gasteiger partial charge < -0.3 is 10.1 Å². The summed E-state index contributed by atoms with van der Waals surface area (Å²) in [5, 5.41) is 12.5. The molecule has 0 saturated heterocycles. The molecule has 0 unspecified atom stereocenters. The van der Waals surface area contributed by atoms with Crippen LogP contribution < -0.4 is 10.1 Å². The number of sulfone groups is 1. The molecule has 3 aromatic carbocycles. The fourth-order valence-corrected chi connectivity index (χ4v) is 5.19. The topological polar surface area (TPSA) is 84.1 Å². The third kappa shape index (κ3) is 5.06. The molecule has 0 aliphatic carbocycles. The van der Waals surface area contributed by atoms with Gasteiger partial charge in [0.2, 0.25) is 9.84 Å². The van der Waals surface area contributed by atoms with Gasteiger partial charge in [-0.1, -0.05) is 49.7 Å². The molecule has 0 aliphatic rings. The molecule has 2 N–H and O–H groups in total. The Kier molecular flexibility index (Phi) is 8.12. The van der Waals surface area contributed by atoms with E-state index >= 15 is 0 Å².